The summed E-state index contributed by atoms with van der Waals surface area (Å²) in [4.78, 5) is 12.2. The highest BCUT2D eigenvalue weighted by atomic mass is 16.2. The van der Waals surface area contributed by atoms with Gasteiger partial charge in [0, 0.05) is 16.8 Å². The molecule has 0 unspecified atom stereocenters. The van der Waals surface area contributed by atoms with Crippen LogP contribution in [0, 0.1) is 0 Å². The lowest BCUT2D eigenvalue weighted by atomic mass is 10.2. The van der Waals surface area contributed by atoms with E-state index in [0.29, 0.717) is 22.3 Å². The van der Waals surface area contributed by atoms with Crippen LogP contribution >= 0.6 is 0 Å². The second-order valence-electron chi connectivity index (χ2n) is 4.37. The Labute approximate surface area is 115 Å². The van der Waals surface area contributed by atoms with E-state index in [0.717, 1.165) is 0 Å². The molecule has 3 aromatic rings. The number of carbonyl (C=O) groups excluding carboxylic acids is 1. The van der Waals surface area contributed by atoms with Gasteiger partial charge in [0.2, 0.25) is 0 Å². The molecule has 1 aromatic heterocycles. The molecular formula is C14H13N5O. The molecule has 6 nitrogen and oxygen atoms in total. The van der Waals surface area contributed by atoms with Gasteiger partial charge in [-0.2, -0.15) is 4.68 Å². The molecule has 1 amide bonds. The molecular weight excluding hydrogens is 254 g/mol. The van der Waals surface area contributed by atoms with Crippen molar-refractivity contribution in [1.82, 2.24) is 9.78 Å². The second kappa shape index (κ2) is 4.58. The number of nitrogens with zero attached hydrogens (tertiary/aromatic N) is 2. The largest absolute Gasteiger partial charge is 0.399 e. The van der Waals surface area contributed by atoms with Gasteiger partial charge in [-0.05, 0) is 30.3 Å². The summed E-state index contributed by atoms with van der Waals surface area (Å²) < 4.78 is 1.23. The highest BCUT2D eigenvalue weighted by Crippen LogP contribution is 2.23. The molecule has 0 bridgehead atoms. The smallest absolute Gasteiger partial charge is 0.347 e. The van der Waals surface area contributed by atoms with Crippen LogP contribution in [0.5, 0.6) is 0 Å². The van der Waals surface area contributed by atoms with E-state index >= 15 is 0 Å². The first-order valence-electron chi connectivity index (χ1n) is 6.05. The SMILES string of the molecule is Nc1ccc2c(c1)c(N)nn2C(=O)Nc1ccccc1. The Hall–Kier alpha value is -3.02. The van der Waals surface area contributed by atoms with Gasteiger partial charge in [-0.1, -0.05) is 18.2 Å². The van der Waals surface area contributed by atoms with Crippen LogP contribution in [-0.2, 0) is 0 Å². The molecule has 1 heterocycles. The quantitative estimate of drug-likeness (QED) is 0.589. The van der Waals surface area contributed by atoms with Crippen LogP contribution in [0.3, 0.4) is 0 Å². The first-order valence-corrected chi connectivity index (χ1v) is 6.05. The van der Waals surface area contributed by atoms with Crippen molar-refractivity contribution >= 4 is 34.1 Å². The van der Waals surface area contributed by atoms with Crippen molar-refractivity contribution in [3.8, 4) is 0 Å². The number of nitrogen functional groups attached to an aromatic ring is 2. The number of amides is 1. The van der Waals surface area contributed by atoms with Gasteiger partial charge < -0.3 is 16.8 Å². The van der Waals surface area contributed by atoms with Crippen LogP contribution in [0.25, 0.3) is 10.9 Å². The number of benzene rings is 2. The minimum absolute atomic E-state index is 0.274. The summed E-state index contributed by atoms with van der Waals surface area (Å²) in [5.41, 5.74) is 13.4. The number of nitrogens with one attached hydrogen (secondary N) is 1. The zero-order valence-electron chi connectivity index (χ0n) is 10.6. The second-order valence-corrected chi connectivity index (χ2v) is 4.37. The molecule has 100 valence electrons. The van der Waals surface area contributed by atoms with Gasteiger partial charge >= 0.3 is 6.03 Å². The third kappa shape index (κ3) is 2.03. The molecule has 0 fully saturated rings. The Morgan fingerprint density at radius 3 is 2.60 bits per heavy atom. The van der Waals surface area contributed by atoms with Crippen LogP contribution in [0.4, 0.5) is 22.0 Å². The molecule has 20 heavy (non-hydrogen) atoms. The fourth-order valence-electron chi connectivity index (χ4n) is 2.01. The number of hydrogen-bond donors (Lipinski definition) is 3. The normalized spacial score (nSPS) is 10.6. The summed E-state index contributed by atoms with van der Waals surface area (Å²) in [5, 5.41) is 7.47. The molecule has 0 saturated heterocycles. The van der Waals surface area contributed by atoms with E-state index in [1.54, 1.807) is 30.3 Å². The highest BCUT2D eigenvalue weighted by molar-refractivity contribution is 6.01. The van der Waals surface area contributed by atoms with E-state index in [9.17, 15) is 4.79 Å². The number of rotatable bonds is 1. The van der Waals surface area contributed by atoms with Crippen molar-refractivity contribution in [2.75, 3.05) is 16.8 Å². The predicted molar refractivity (Wildman–Crippen MR) is 79.4 cm³/mol. The summed E-state index contributed by atoms with van der Waals surface area (Å²) in [5.74, 6) is 0.274. The Morgan fingerprint density at radius 2 is 1.85 bits per heavy atom. The molecule has 5 N–H and O–H groups in total. The predicted octanol–water partition coefficient (Wildman–Crippen LogP) is 2.28. The summed E-state index contributed by atoms with van der Waals surface area (Å²) in [7, 11) is 0. The fraction of sp³-hybridized carbons (Fsp3) is 0. The van der Waals surface area contributed by atoms with Crippen molar-refractivity contribution < 1.29 is 4.79 Å². The average Bonchev–Trinajstić information content (AvgIpc) is 2.77. The van der Waals surface area contributed by atoms with Crippen molar-refractivity contribution in [3.05, 3.63) is 48.5 Å². The molecule has 0 saturated carbocycles. The van der Waals surface area contributed by atoms with Crippen LogP contribution in [0.15, 0.2) is 48.5 Å². The van der Waals surface area contributed by atoms with Crippen molar-refractivity contribution in [3.63, 3.8) is 0 Å². The number of para-hydroxylation sites is 1. The van der Waals surface area contributed by atoms with Crippen molar-refractivity contribution in [2.24, 2.45) is 0 Å². The lowest BCUT2D eigenvalue weighted by molar-refractivity contribution is 0.252. The van der Waals surface area contributed by atoms with Crippen LogP contribution in [0.1, 0.15) is 0 Å². The van der Waals surface area contributed by atoms with Gasteiger partial charge in [0.15, 0.2) is 5.82 Å². The molecule has 0 spiro atoms. The van der Waals surface area contributed by atoms with E-state index in [1.807, 2.05) is 18.2 Å². The Balaban J connectivity index is 2.00. The van der Waals surface area contributed by atoms with Crippen molar-refractivity contribution in [2.45, 2.75) is 0 Å². The van der Waals surface area contributed by atoms with Gasteiger partial charge in [0.05, 0.1) is 5.52 Å². The zero-order valence-corrected chi connectivity index (χ0v) is 10.6. The molecule has 0 aliphatic heterocycles. The molecule has 0 aliphatic rings. The molecule has 6 heteroatoms. The number of carbonyl (C=O) groups is 1. The Kier molecular flexibility index (Phi) is 2.76. The van der Waals surface area contributed by atoms with E-state index in [-0.39, 0.29) is 11.8 Å². The minimum atomic E-state index is -0.373. The average molecular weight is 267 g/mol. The third-order valence-electron chi connectivity index (χ3n) is 2.95. The number of fused-ring (bicyclic) bond motifs is 1. The molecule has 0 aliphatic carbocycles. The molecule has 0 atom stereocenters. The van der Waals surface area contributed by atoms with Gasteiger partial charge in [0.25, 0.3) is 0 Å². The Bertz CT molecular complexity index is 779. The first-order chi connectivity index (χ1) is 9.65. The number of anilines is 3. The fourth-order valence-corrected chi connectivity index (χ4v) is 2.01. The van der Waals surface area contributed by atoms with E-state index in [1.165, 1.54) is 4.68 Å². The molecule has 2 aromatic carbocycles. The van der Waals surface area contributed by atoms with E-state index in [2.05, 4.69) is 10.4 Å². The van der Waals surface area contributed by atoms with Gasteiger partial charge in [-0.3, -0.25) is 0 Å². The van der Waals surface area contributed by atoms with Crippen LogP contribution in [-0.4, -0.2) is 15.8 Å². The Morgan fingerprint density at radius 1 is 1.10 bits per heavy atom. The van der Waals surface area contributed by atoms with Gasteiger partial charge in [0.1, 0.15) is 0 Å². The molecule has 0 radical (unpaired) electrons. The summed E-state index contributed by atoms with van der Waals surface area (Å²) >= 11 is 0. The standard InChI is InChI=1S/C14H13N5O/c15-9-6-7-12-11(8-9)13(16)18-19(12)14(20)17-10-4-2-1-3-5-10/h1-8H,15H2,(H2,16,18)(H,17,20). The maximum Gasteiger partial charge on any atom is 0.347 e. The van der Waals surface area contributed by atoms with Gasteiger partial charge in [-0.25, -0.2) is 4.79 Å². The lowest BCUT2D eigenvalue weighted by Crippen LogP contribution is -2.20. The molecule has 3 rings (SSSR count). The number of aromatic nitrogens is 2. The number of nitrogens with two attached hydrogens (primary N) is 2. The maximum absolute atomic E-state index is 12.2. The monoisotopic (exact) mass is 267 g/mol. The third-order valence-corrected chi connectivity index (χ3v) is 2.95. The topological polar surface area (TPSA) is 99.0 Å². The number of hydrogen-bond acceptors (Lipinski definition) is 4. The first kappa shape index (κ1) is 12.0. The summed E-state index contributed by atoms with van der Waals surface area (Å²) in [6.07, 6.45) is 0. The van der Waals surface area contributed by atoms with Crippen LogP contribution in [0.2, 0.25) is 0 Å². The van der Waals surface area contributed by atoms with Crippen molar-refractivity contribution in [1.29, 1.82) is 0 Å². The van der Waals surface area contributed by atoms with E-state index < -0.39 is 0 Å². The zero-order chi connectivity index (χ0) is 14.1. The highest BCUT2D eigenvalue weighted by Gasteiger charge is 2.14. The van der Waals surface area contributed by atoms with Crippen LogP contribution < -0.4 is 16.8 Å². The lowest BCUT2D eigenvalue weighted by Gasteiger charge is -2.05. The maximum atomic E-state index is 12.2. The summed E-state index contributed by atoms with van der Waals surface area (Å²) in [6.45, 7) is 0. The minimum Gasteiger partial charge on any atom is -0.399 e. The summed E-state index contributed by atoms with van der Waals surface area (Å²) in [6, 6.07) is 13.9. The van der Waals surface area contributed by atoms with E-state index in [4.69, 9.17) is 11.5 Å². The van der Waals surface area contributed by atoms with Gasteiger partial charge in [-0.15, -0.1) is 5.10 Å².